The van der Waals surface area contributed by atoms with E-state index in [0.29, 0.717) is 25.9 Å². The topological polar surface area (TPSA) is 58.6 Å². The summed E-state index contributed by atoms with van der Waals surface area (Å²) >= 11 is 0. The third-order valence-corrected chi connectivity index (χ3v) is 3.38. The fraction of sp³-hybridized carbons (Fsp3) is 0.562. The van der Waals surface area contributed by atoms with Gasteiger partial charge in [0.05, 0.1) is 18.8 Å². The number of benzene rings is 1. The second kappa shape index (κ2) is 7.90. The highest BCUT2D eigenvalue weighted by Crippen LogP contribution is 2.13. The van der Waals surface area contributed by atoms with Crippen LogP contribution in [0.2, 0.25) is 0 Å². The van der Waals surface area contributed by atoms with Gasteiger partial charge >= 0.3 is 0 Å². The molecule has 20 heavy (non-hydrogen) atoms. The van der Waals surface area contributed by atoms with E-state index in [4.69, 9.17) is 4.74 Å². The Labute approximate surface area is 121 Å². The number of carbonyl (C=O) groups is 1. The number of rotatable bonds is 8. The SMILES string of the molecule is CCC(C)(CO)NC(=O)CCCOc1cccc(C)c1. The molecule has 0 bridgehead atoms. The molecule has 4 nitrogen and oxygen atoms in total. The van der Waals surface area contributed by atoms with Gasteiger partial charge in [-0.2, -0.15) is 0 Å². The lowest BCUT2D eigenvalue weighted by Gasteiger charge is -2.27. The number of ether oxygens (including phenoxy) is 1. The fourth-order valence-corrected chi connectivity index (χ4v) is 1.77. The van der Waals surface area contributed by atoms with Gasteiger partial charge in [-0.25, -0.2) is 0 Å². The van der Waals surface area contributed by atoms with E-state index in [1.165, 1.54) is 0 Å². The first kappa shape index (κ1) is 16.5. The van der Waals surface area contributed by atoms with Crippen LogP contribution in [0.25, 0.3) is 0 Å². The second-order valence-corrected chi connectivity index (χ2v) is 5.39. The Morgan fingerprint density at radius 2 is 2.20 bits per heavy atom. The molecule has 1 unspecified atom stereocenters. The number of aliphatic hydroxyl groups excluding tert-OH is 1. The predicted molar refractivity (Wildman–Crippen MR) is 79.8 cm³/mol. The van der Waals surface area contributed by atoms with Crippen LogP contribution in [-0.4, -0.2) is 29.8 Å². The van der Waals surface area contributed by atoms with Crippen LogP contribution in [0.15, 0.2) is 24.3 Å². The normalized spacial score (nSPS) is 13.6. The monoisotopic (exact) mass is 279 g/mol. The summed E-state index contributed by atoms with van der Waals surface area (Å²) in [6.45, 7) is 6.26. The molecule has 0 aliphatic carbocycles. The maximum absolute atomic E-state index is 11.8. The second-order valence-electron chi connectivity index (χ2n) is 5.39. The van der Waals surface area contributed by atoms with Crippen molar-refractivity contribution < 1.29 is 14.6 Å². The Bertz CT molecular complexity index is 427. The number of hydrogen-bond acceptors (Lipinski definition) is 3. The van der Waals surface area contributed by atoms with Crippen molar-refractivity contribution in [3.63, 3.8) is 0 Å². The lowest BCUT2D eigenvalue weighted by Crippen LogP contribution is -2.48. The summed E-state index contributed by atoms with van der Waals surface area (Å²) in [6, 6.07) is 7.85. The van der Waals surface area contributed by atoms with E-state index in [9.17, 15) is 9.90 Å². The fourth-order valence-electron chi connectivity index (χ4n) is 1.77. The van der Waals surface area contributed by atoms with Crippen LogP contribution in [0.3, 0.4) is 0 Å². The molecule has 1 amide bonds. The molecule has 112 valence electrons. The molecule has 0 heterocycles. The molecule has 0 saturated carbocycles. The van der Waals surface area contributed by atoms with Crippen molar-refractivity contribution in [3.05, 3.63) is 29.8 Å². The van der Waals surface area contributed by atoms with Crippen LogP contribution in [0.4, 0.5) is 0 Å². The van der Waals surface area contributed by atoms with Crippen molar-refractivity contribution in [1.82, 2.24) is 5.32 Å². The average Bonchev–Trinajstić information content (AvgIpc) is 2.43. The number of carbonyl (C=O) groups excluding carboxylic acids is 1. The first-order chi connectivity index (χ1) is 9.49. The highest BCUT2D eigenvalue weighted by atomic mass is 16.5. The van der Waals surface area contributed by atoms with E-state index in [1.807, 2.05) is 45.0 Å². The molecule has 0 fully saturated rings. The molecule has 4 heteroatoms. The molecular weight excluding hydrogens is 254 g/mol. The Balaban J connectivity index is 2.26. The molecular formula is C16H25NO3. The van der Waals surface area contributed by atoms with Crippen LogP contribution in [0, 0.1) is 6.92 Å². The van der Waals surface area contributed by atoms with Gasteiger partial charge in [-0.15, -0.1) is 0 Å². The minimum absolute atomic E-state index is 0.0451. The molecule has 1 aromatic rings. The van der Waals surface area contributed by atoms with E-state index in [2.05, 4.69) is 5.32 Å². The van der Waals surface area contributed by atoms with Crippen molar-refractivity contribution in [2.75, 3.05) is 13.2 Å². The van der Waals surface area contributed by atoms with Crippen molar-refractivity contribution in [2.24, 2.45) is 0 Å². The lowest BCUT2D eigenvalue weighted by atomic mass is 10.00. The molecule has 0 aromatic heterocycles. The van der Waals surface area contributed by atoms with Gasteiger partial charge in [-0.3, -0.25) is 4.79 Å². The van der Waals surface area contributed by atoms with Gasteiger partial charge in [0.1, 0.15) is 5.75 Å². The van der Waals surface area contributed by atoms with E-state index in [1.54, 1.807) is 0 Å². The molecule has 1 aromatic carbocycles. The van der Waals surface area contributed by atoms with Gasteiger partial charge < -0.3 is 15.2 Å². The quantitative estimate of drug-likeness (QED) is 0.719. The van der Waals surface area contributed by atoms with Gasteiger partial charge in [-0.05, 0) is 44.4 Å². The van der Waals surface area contributed by atoms with Crippen molar-refractivity contribution >= 4 is 5.91 Å². The largest absolute Gasteiger partial charge is 0.494 e. The van der Waals surface area contributed by atoms with Crippen molar-refractivity contribution in [3.8, 4) is 5.75 Å². The highest BCUT2D eigenvalue weighted by molar-refractivity contribution is 5.76. The van der Waals surface area contributed by atoms with Crippen molar-refractivity contribution in [1.29, 1.82) is 0 Å². The number of aliphatic hydroxyl groups is 1. The van der Waals surface area contributed by atoms with Crippen LogP contribution in [0.1, 0.15) is 38.7 Å². The van der Waals surface area contributed by atoms with Gasteiger partial charge in [-0.1, -0.05) is 19.1 Å². The maximum Gasteiger partial charge on any atom is 0.220 e. The van der Waals surface area contributed by atoms with Gasteiger partial charge in [0.2, 0.25) is 5.91 Å². The molecule has 0 spiro atoms. The summed E-state index contributed by atoms with van der Waals surface area (Å²) in [7, 11) is 0. The zero-order chi connectivity index (χ0) is 15.0. The molecule has 2 N–H and O–H groups in total. The number of amides is 1. The van der Waals surface area contributed by atoms with Gasteiger partial charge in [0, 0.05) is 6.42 Å². The van der Waals surface area contributed by atoms with Crippen LogP contribution in [0.5, 0.6) is 5.75 Å². The first-order valence-corrected chi connectivity index (χ1v) is 7.10. The zero-order valence-corrected chi connectivity index (χ0v) is 12.6. The molecule has 0 aliphatic heterocycles. The Morgan fingerprint density at radius 1 is 1.45 bits per heavy atom. The third kappa shape index (κ3) is 5.61. The predicted octanol–water partition coefficient (Wildman–Crippen LogP) is 2.43. The lowest BCUT2D eigenvalue weighted by molar-refractivity contribution is -0.123. The summed E-state index contributed by atoms with van der Waals surface area (Å²) in [5, 5.41) is 12.1. The van der Waals surface area contributed by atoms with E-state index in [-0.39, 0.29) is 12.5 Å². The van der Waals surface area contributed by atoms with Crippen LogP contribution >= 0.6 is 0 Å². The number of hydrogen-bond donors (Lipinski definition) is 2. The third-order valence-electron chi connectivity index (χ3n) is 3.38. The Morgan fingerprint density at radius 3 is 2.80 bits per heavy atom. The Hall–Kier alpha value is -1.55. The molecule has 0 radical (unpaired) electrons. The zero-order valence-electron chi connectivity index (χ0n) is 12.6. The van der Waals surface area contributed by atoms with E-state index in [0.717, 1.165) is 11.3 Å². The first-order valence-electron chi connectivity index (χ1n) is 7.10. The minimum atomic E-state index is -0.519. The molecule has 1 rings (SSSR count). The van der Waals surface area contributed by atoms with Crippen LogP contribution < -0.4 is 10.1 Å². The molecule has 1 atom stereocenters. The Kier molecular flexibility index (Phi) is 6.52. The van der Waals surface area contributed by atoms with Crippen molar-refractivity contribution in [2.45, 2.75) is 45.6 Å². The number of nitrogens with one attached hydrogen (secondary N) is 1. The summed E-state index contributed by atoms with van der Waals surface area (Å²) in [5.74, 6) is 0.787. The maximum atomic E-state index is 11.8. The van der Waals surface area contributed by atoms with E-state index >= 15 is 0 Å². The van der Waals surface area contributed by atoms with Crippen LogP contribution in [-0.2, 0) is 4.79 Å². The summed E-state index contributed by atoms with van der Waals surface area (Å²) in [6.07, 6.45) is 1.77. The average molecular weight is 279 g/mol. The summed E-state index contributed by atoms with van der Waals surface area (Å²) in [4.78, 5) is 11.8. The molecule has 0 aliphatic rings. The summed E-state index contributed by atoms with van der Waals surface area (Å²) in [5.41, 5.74) is 0.635. The molecule has 0 saturated heterocycles. The smallest absolute Gasteiger partial charge is 0.220 e. The number of aryl methyl sites for hydroxylation is 1. The standard InChI is InChI=1S/C16H25NO3/c1-4-16(3,12-18)17-15(19)9-6-10-20-14-8-5-7-13(2)11-14/h5,7-8,11,18H,4,6,9-10,12H2,1-3H3,(H,17,19). The van der Waals surface area contributed by atoms with Gasteiger partial charge in [0.15, 0.2) is 0 Å². The van der Waals surface area contributed by atoms with E-state index < -0.39 is 5.54 Å². The summed E-state index contributed by atoms with van der Waals surface area (Å²) < 4.78 is 5.59. The van der Waals surface area contributed by atoms with Gasteiger partial charge in [0.25, 0.3) is 0 Å². The highest BCUT2D eigenvalue weighted by Gasteiger charge is 2.22. The minimum Gasteiger partial charge on any atom is -0.494 e.